The van der Waals surface area contributed by atoms with E-state index in [1.165, 1.54) is 24.8 Å². The minimum atomic E-state index is 0.332. The van der Waals surface area contributed by atoms with E-state index in [9.17, 15) is 0 Å². The first kappa shape index (κ1) is 16.1. The number of hydrogen-bond acceptors (Lipinski definition) is 2. The number of nitrogens with zero attached hydrogens (tertiary/aromatic N) is 1. The minimum Gasteiger partial charge on any atom is -0.313 e. The number of benzene rings is 1. The second-order valence-corrected chi connectivity index (χ2v) is 6.47. The molecule has 1 aromatic rings. The maximum atomic E-state index is 6.36. The molecule has 1 aliphatic rings. The summed E-state index contributed by atoms with van der Waals surface area (Å²) in [5.41, 5.74) is 1.17. The molecule has 0 amide bonds. The molecule has 0 bridgehead atoms. The molecule has 1 aromatic carbocycles. The van der Waals surface area contributed by atoms with Crippen molar-refractivity contribution in [3.05, 3.63) is 33.8 Å². The largest absolute Gasteiger partial charge is 0.313 e. The smallest absolute Gasteiger partial charge is 0.0468 e. The highest BCUT2D eigenvalue weighted by Crippen LogP contribution is 2.30. The molecule has 1 saturated heterocycles. The van der Waals surface area contributed by atoms with E-state index in [-0.39, 0.29) is 0 Å². The van der Waals surface area contributed by atoms with Gasteiger partial charge in [-0.05, 0) is 44.0 Å². The van der Waals surface area contributed by atoms with Gasteiger partial charge in [0.2, 0.25) is 0 Å². The van der Waals surface area contributed by atoms with Crippen molar-refractivity contribution in [1.82, 2.24) is 10.2 Å². The molecule has 0 saturated carbocycles. The Bertz CT molecular complexity index is 436. The second-order valence-electron chi connectivity index (χ2n) is 5.63. The van der Waals surface area contributed by atoms with Gasteiger partial charge in [-0.15, -0.1) is 0 Å². The van der Waals surface area contributed by atoms with E-state index in [0.717, 1.165) is 24.7 Å². The lowest BCUT2D eigenvalue weighted by atomic mass is 10.1. The summed E-state index contributed by atoms with van der Waals surface area (Å²) < 4.78 is 0. The Balaban J connectivity index is 2.11. The van der Waals surface area contributed by atoms with Crippen LogP contribution in [0.3, 0.4) is 0 Å². The summed E-state index contributed by atoms with van der Waals surface area (Å²) in [7, 11) is 0. The quantitative estimate of drug-likeness (QED) is 0.879. The van der Waals surface area contributed by atoms with Gasteiger partial charge in [0.25, 0.3) is 0 Å². The Kier molecular flexibility index (Phi) is 6.16. The van der Waals surface area contributed by atoms with Crippen molar-refractivity contribution in [1.29, 1.82) is 0 Å². The van der Waals surface area contributed by atoms with Gasteiger partial charge in [0, 0.05) is 35.2 Å². The van der Waals surface area contributed by atoms with Crippen LogP contribution in [0, 0.1) is 0 Å². The highest BCUT2D eigenvalue weighted by atomic mass is 35.5. The molecule has 0 aliphatic carbocycles. The van der Waals surface area contributed by atoms with Gasteiger partial charge in [-0.25, -0.2) is 0 Å². The second kappa shape index (κ2) is 7.65. The molecule has 0 spiro atoms. The van der Waals surface area contributed by atoms with Gasteiger partial charge < -0.3 is 5.32 Å². The summed E-state index contributed by atoms with van der Waals surface area (Å²) in [6.45, 7) is 7.81. The standard InChI is InChI=1S/C16H24Cl2N2/c1-3-5-14-11-20(9-4-8-19-14)12(2)15-7-6-13(17)10-16(15)18/h6-7,10,12,14,19H,3-5,8-9,11H2,1-2H3. The number of hydrogen-bond donors (Lipinski definition) is 1. The molecule has 1 aliphatic heterocycles. The Labute approximate surface area is 132 Å². The maximum absolute atomic E-state index is 6.36. The molecule has 112 valence electrons. The van der Waals surface area contributed by atoms with Crippen molar-refractivity contribution >= 4 is 23.2 Å². The summed E-state index contributed by atoms with van der Waals surface area (Å²) in [4.78, 5) is 2.54. The molecule has 4 heteroatoms. The van der Waals surface area contributed by atoms with E-state index >= 15 is 0 Å². The Morgan fingerprint density at radius 2 is 2.20 bits per heavy atom. The third-order valence-corrected chi connectivity index (χ3v) is 4.67. The van der Waals surface area contributed by atoms with Crippen molar-refractivity contribution in [3.8, 4) is 0 Å². The summed E-state index contributed by atoms with van der Waals surface area (Å²) >= 11 is 12.3. The van der Waals surface area contributed by atoms with Gasteiger partial charge >= 0.3 is 0 Å². The fourth-order valence-corrected chi connectivity index (χ4v) is 3.52. The minimum absolute atomic E-state index is 0.332. The third-order valence-electron chi connectivity index (χ3n) is 4.11. The van der Waals surface area contributed by atoms with Crippen molar-refractivity contribution in [2.75, 3.05) is 19.6 Å². The Morgan fingerprint density at radius 3 is 2.90 bits per heavy atom. The van der Waals surface area contributed by atoms with Gasteiger partial charge in [0.1, 0.15) is 0 Å². The molecule has 0 aromatic heterocycles. The van der Waals surface area contributed by atoms with E-state index in [2.05, 4.69) is 30.1 Å². The van der Waals surface area contributed by atoms with E-state index in [4.69, 9.17) is 23.2 Å². The Hall–Kier alpha value is -0.280. The van der Waals surface area contributed by atoms with E-state index < -0.39 is 0 Å². The van der Waals surface area contributed by atoms with Crippen molar-refractivity contribution in [3.63, 3.8) is 0 Å². The zero-order chi connectivity index (χ0) is 14.5. The summed E-state index contributed by atoms with van der Waals surface area (Å²) in [5, 5.41) is 5.12. The van der Waals surface area contributed by atoms with Gasteiger partial charge in [-0.1, -0.05) is 42.6 Å². The lowest BCUT2D eigenvalue weighted by Gasteiger charge is -2.31. The fraction of sp³-hybridized carbons (Fsp3) is 0.625. The third kappa shape index (κ3) is 4.11. The monoisotopic (exact) mass is 314 g/mol. The SMILES string of the molecule is CCCC1CN(C(C)c2ccc(Cl)cc2Cl)CCCN1. The number of rotatable bonds is 4. The van der Waals surface area contributed by atoms with E-state index in [1.807, 2.05) is 12.1 Å². The molecule has 2 rings (SSSR count). The van der Waals surface area contributed by atoms with Gasteiger partial charge in [-0.2, -0.15) is 0 Å². The van der Waals surface area contributed by atoms with Crippen LogP contribution >= 0.6 is 23.2 Å². The molecule has 2 atom stereocenters. The van der Waals surface area contributed by atoms with E-state index in [1.54, 1.807) is 0 Å². The van der Waals surface area contributed by atoms with Crippen LogP contribution in [0.4, 0.5) is 0 Å². The van der Waals surface area contributed by atoms with Crippen molar-refractivity contribution in [2.45, 2.75) is 45.2 Å². The Morgan fingerprint density at radius 1 is 1.40 bits per heavy atom. The van der Waals surface area contributed by atoms with Gasteiger partial charge in [0.15, 0.2) is 0 Å². The number of halogens is 2. The van der Waals surface area contributed by atoms with E-state index in [0.29, 0.717) is 17.1 Å². The predicted molar refractivity (Wildman–Crippen MR) is 87.8 cm³/mol. The van der Waals surface area contributed by atoms with Crippen LogP contribution in [0.25, 0.3) is 0 Å². The van der Waals surface area contributed by atoms with Crippen LogP contribution in [0.1, 0.15) is 44.7 Å². The molecule has 1 N–H and O–H groups in total. The van der Waals surface area contributed by atoms with Crippen LogP contribution in [0.15, 0.2) is 18.2 Å². The van der Waals surface area contributed by atoms with Crippen LogP contribution in [0.2, 0.25) is 10.0 Å². The highest BCUT2D eigenvalue weighted by molar-refractivity contribution is 6.35. The summed E-state index contributed by atoms with van der Waals surface area (Å²) in [6.07, 6.45) is 3.65. The predicted octanol–water partition coefficient (Wildman–Crippen LogP) is 4.52. The van der Waals surface area contributed by atoms with Gasteiger partial charge in [-0.3, -0.25) is 4.90 Å². The molecule has 2 unspecified atom stereocenters. The van der Waals surface area contributed by atoms with Crippen LogP contribution in [-0.2, 0) is 0 Å². The first-order valence-corrected chi connectivity index (χ1v) is 8.29. The normalized spacial score (nSPS) is 22.5. The molecule has 1 fully saturated rings. The van der Waals surface area contributed by atoms with Crippen LogP contribution < -0.4 is 5.32 Å². The number of nitrogens with one attached hydrogen (secondary N) is 1. The molecule has 0 radical (unpaired) electrons. The summed E-state index contributed by atoms with van der Waals surface area (Å²) in [5.74, 6) is 0. The highest BCUT2D eigenvalue weighted by Gasteiger charge is 2.23. The fourth-order valence-electron chi connectivity index (χ4n) is 2.96. The average Bonchev–Trinajstić information content (AvgIpc) is 2.64. The lowest BCUT2D eigenvalue weighted by Crippen LogP contribution is -2.38. The zero-order valence-corrected chi connectivity index (χ0v) is 13.8. The average molecular weight is 315 g/mol. The van der Waals surface area contributed by atoms with Crippen LogP contribution in [0.5, 0.6) is 0 Å². The van der Waals surface area contributed by atoms with Crippen molar-refractivity contribution < 1.29 is 0 Å². The topological polar surface area (TPSA) is 15.3 Å². The molecule has 2 nitrogen and oxygen atoms in total. The lowest BCUT2D eigenvalue weighted by molar-refractivity contribution is 0.203. The zero-order valence-electron chi connectivity index (χ0n) is 12.3. The maximum Gasteiger partial charge on any atom is 0.0468 e. The molecular formula is C16H24Cl2N2. The van der Waals surface area contributed by atoms with Crippen LogP contribution in [-0.4, -0.2) is 30.6 Å². The molecule has 1 heterocycles. The molecule has 20 heavy (non-hydrogen) atoms. The molecular weight excluding hydrogens is 291 g/mol. The van der Waals surface area contributed by atoms with Gasteiger partial charge in [0.05, 0.1) is 0 Å². The van der Waals surface area contributed by atoms with Crippen molar-refractivity contribution in [2.24, 2.45) is 0 Å². The first-order valence-electron chi connectivity index (χ1n) is 7.54. The summed E-state index contributed by atoms with van der Waals surface area (Å²) in [6, 6.07) is 6.76. The first-order chi connectivity index (χ1) is 9.61.